The summed E-state index contributed by atoms with van der Waals surface area (Å²) in [6.45, 7) is 9.18. The van der Waals surface area contributed by atoms with Crippen molar-refractivity contribution < 1.29 is 0 Å². The van der Waals surface area contributed by atoms with E-state index < -0.39 is 0 Å². The third kappa shape index (κ3) is 3.42. The van der Waals surface area contributed by atoms with Crippen molar-refractivity contribution >= 4 is 0 Å². The van der Waals surface area contributed by atoms with Crippen LogP contribution in [0.2, 0.25) is 0 Å². The van der Waals surface area contributed by atoms with Crippen LogP contribution in [0.5, 0.6) is 0 Å². The van der Waals surface area contributed by atoms with E-state index in [2.05, 4.69) is 51.3 Å². The number of benzene rings is 1. The van der Waals surface area contributed by atoms with E-state index in [0.29, 0.717) is 17.4 Å². The zero-order valence-electron chi connectivity index (χ0n) is 13.5. The summed E-state index contributed by atoms with van der Waals surface area (Å²) in [5, 5.41) is 0. The van der Waals surface area contributed by atoms with Crippen LogP contribution < -0.4 is 11.3 Å². The van der Waals surface area contributed by atoms with Crippen molar-refractivity contribution in [3.8, 4) is 0 Å². The quantitative estimate of drug-likeness (QED) is 0.645. The lowest BCUT2D eigenvalue weighted by Gasteiger charge is -2.43. The molecule has 2 unspecified atom stereocenters. The molecule has 2 nitrogen and oxygen atoms in total. The Kier molecular flexibility index (Phi) is 4.87. The van der Waals surface area contributed by atoms with Crippen molar-refractivity contribution in [2.24, 2.45) is 17.2 Å². The Bertz CT molecular complexity index is 451. The second-order valence-electron chi connectivity index (χ2n) is 7.25. The fraction of sp³-hybridized carbons (Fsp3) is 0.667. The number of rotatable bonds is 4. The lowest BCUT2D eigenvalue weighted by atomic mass is 9.65. The van der Waals surface area contributed by atoms with Crippen LogP contribution in [0.15, 0.2) is 18.2 Å². The first-order chi connectivity index (χ1) is 9.44. The standard InChI is InChI=1S/C18H30N2/c1-13-8-9-14(2)15(11-13)12-17(20-19)16-7-5-6-10-18(16,3)4/h8-9,11,16-17,20H,5-7,10,12,19H2,1-4H3. The molecule has 1 saturated carbocycles. The van der Waals surface area contributed by atoms with E-state index in [1.165, 1.54) is 42.4 Å². The largest absolute Gasteiger partial charge is 0.271 e. The molecular weight excluding hydrogens is 244 g/mol. The summed E-state index contributed by atoms with van der Waals surface area (Å²) in [6, 6.07) is 7.11. The monoisotopic (exact) mass is 274 g/mol. The molecule has 1 fully saturated rings. The second kappa shape index (κ2) is 6.28. The molecule has 2 atom stereocenters. The van der Waals surface area contributed by atoms with Gasteiger partial charge in [-0.05, 0) is 55.6 Å². The number of aryl methyl sites for hydroxylation is 2. The van der Waals surface area contributed by atoms with E-state index in [0.717, 1.165) is 6.42 Å². The molecule has 2 rings (SSSR count). The number of hydrazine groups is 1. The second-order valence-corrected chi connectivity index (χ2v) is 7.25. The molecule has 1 aromatic rings. The van der Waals surface area contributed by atoms with Gasteiger partial charge in [-0.15, -0.1) is 0 Å². The fourth-order valence-corrected chi connectivity index (χ4v) is 3.84. The predicted molar refractivity (Wildman–Crippen MR) is 86.5 cm³/mol. The van der Waals surface area contributed by atoms with Gasteiger partial charge >= 0.3 is 0 Å². The molecule has 3 N–H and O–H groups in total. The fourth-order valence-electron chi connectivity index (χ4n) is 3.84. The lowest BCUT2D eigenvalue weighted by molar-refractivity contribution is 0.0981. The van der Waals surface area contributed by atoms with Gasteiger partial charge < -0.3 is 0 Å². The zero-order valence-corrected chi connectivity index (χ0v) is 13.5. The molecule has 1 aliphatic rings. The van der Waals surface area contributed by atoms with Gasteiger partial charge in [0.05, 0.1) is 0 Å². The van der Waals surface area contributed by atoms with Crippen LogP contribution in [0.1, 0.15) is 56.2 Å². The van der Waals surface area contributed by atoms with Crippen molar-refractivity contribution in [1.82, 2.24) is 5.43 Å². The Labute approximate surface area is 124 Å². The Balaban J connectivity index is 2.18. The molecule has 0 aromatic heterocycles. The number of hydrogen-bond acceptors (Lipinski definition) is 2. The van der Waals surface area contributed by atoms with Crippen molar-refractivity contribution in [2.75, 3.05) is 0 Å². The average molecular weight is 274 g/mol. The van der Waals surface area contributed by atoms with Gasteiger partial charge in [0, 0.05) is 6.04 Å². The Hall–Kier alpha value is -0.860. The first-order valence-electron chi connectivity index (χ1n) is 7.96. The van der Waals surface area contributed by atoms with Crippen LogP contribution in [0.3, 0.4) is 0 Å². The van der Waals surface area contributed by atoms with E-state index in [1.54, 1.807) is 0 Å². The van der Waals surface area contributed by atoms with Gasteiger partial charge in [-0.2, -0.15) is 0 Å². The predicted octanol–water partition coefficient (Wildman–Crippen LogP) is 3.89. The van der Waals surface area contributed by atoms with E-state index in [-0.39, 0.29) is 0 Å². The van der Waals surface area contributed by atoms with Crippen LogP contribution >= 0.6 is 0 Å². The van der Waals surface area contributed by atoms with Crippen LogP contribution in [-0.4, -0.2) is 6.04 Å². The maximum Gasteiger partial charge on any atom is 0.0284 e. The highest BCUT2D eigenvalue weighted by atomic mass is 15.2. The Morgan fingerprint density at radius 3 is 2.70 bits per heavy atom. The highest BCUT2D eigenvalue weighted by Gasteiger charge is 2.37. The van der Waals surface area contributed by atoms with Gasteiger partial charge in [0.2, 0.25) is 0 Å². The molecule has 20 heavy (non-hydrogen) atoms. The molecule has 0 spiro atoms. The van der Waals surface area contributed by atoms with E-state index in [1.807, 2.05) is 0 Å². The summed E-state index contributed by atoms with van der Waals surface area (Å²) in [7, 11) is 0. The Morgan fingerprint density at radius 1 is 1.30 bits per heavy atom. The summed E-state index contributed by atoms with van der Waals surface area (Å²) in [5.41, 5.74) is 7.67. The maximum atomic E-state index is 5.91. The lowest BCUT2D eigenvalue weighted by Crippen LogP contribution is -2.48. The molecular formula is C18H30N2. The van der Waals surface area contributed by atoms with Crippen molar-refractivity contribution in [2.45, 2.75) is 65.8 Å². The van der Waals surface area contributed by atoms with Crippen molar-refractivity contribution in [3.05, 3.63) is 34.9 Å². The normalized spacial score (nSPS) is 23.6. The zero-order chi connectivity index (χ0) is 14.8. The highest BCUT2D eigenvalue weighted by Crippen LogP contribution is 2.42. The van der Waals surface area contributed by atoms with Gasteiger partial charge in [0.25, 0.3) is 0 Å². The molecule has 1 aliphatic carbocycles. The minimum Gasteiger partial charge on any atom is -0.271 e. The molecule has 0 bridgehead atoms. The van der Waals surface area contributed by atoms with Crippen LogP contribution in [0.25, 0.3) is 0 Å². The first-order valence-corrected chi connectivity index (χ1v) is 7.96. The minimum atomic E-state index is 0.380. The number of hydrogen-bond donors (Lipinski definition) is 2. The summed E-state index contributed by atoms with van der Waals surface area (Å²) in [4.78, 5) is 0. The van der Waals surface area contributed by atoms with Crippen molar-refractivity contribution in [3.63, 3.8) is 0 Å². The van der Waals surface area contributed by atoms with Gasteiger partial charge in [-0.3, -0.25) is 11.3 Å². The van der Waals surface area contributed by atoms with Crippen LogP contribution in [0.4, 0.5) is 0 Å². The van der Waals surface area contributed by atoms with Gasteiger partial charge in [-0.25, -0.2) is 0 Å². The average Bonchev–Trinajstić information content (AvgIpc) is 2.40. The molecule has 2 heteroatoms. The van der Waals surface area contributed by atoms with Crippen LogP contribution in [-0.2, 0) is 6.42 Å². The Morgan fingerprint density at radius 2 is 2.05 bits per heavy atom. The molecule has 112 valence electrons. The van der Waals surface area contributed by atoms with E-state index in [4.69, 9.17) is 5.84 Å². The van der Waals surface area contributed by atoms with E-state index in [9.17, 15) is 0 Å². The number of nitrogens with one attached hydrogen (secondary N) is 1. The summed E-state index contributed by atoms with van der Waals surface area (Å²) >= 11 is 0. The molecule has 0 amide bonds. The van der Waals surface area contributed by atoms with Crippen LogP contribution in [0, 0.1) is 25.2 Å². The molecule has 0 heterocycles. The SMILES string of the molecule is Cc1ccc(C)c(CC(NN)C2CCCCC2(C)C)c1. The molecule has 0 saturated heterocycles. The van der Waals surface area contributed by atoms with Gasteiger partial charge in [0.1, 0.15) is 0 Å². The first kappa shape index (κ1) is 15.5. The van der Waals surface area contributed by atoms with Crippen molar-refractivity contribution in [1.29, 1.82) is 0 Å². The topological polar surface area (TPSA) is 38.0 Å². The molecule has 1 aromatic carbocycles. The summed E-state index contributed by atoms with van der Waals surface area (Å²) in [6.07, 6.45) is 6.37. The summed E-state index contributed by atoms with van der Waals surface area (Å²) < 4.78 is 0. The molecule has 0 radical (unpaired) electrons. The van der Waals surface area contributed by atoms with Gasteiger partial charge in [0.15, 0.2) is 0 Å². The van der Waals surface area contributed by atoms with Gasteiger partial charge in [-0.1, -0.05) is 50.5 Å². The third-order valence-corrected chi connectivity index (χ3v) is 5.23. The highest BCUT2D eigenvalue weighted by molar-refractivity contribution is 5.31. The maximum absolute atomic E-state index is 5.91. The smallest absolute Gasteiger partial charge is 0.0284 e. The number of nitrogens with two attached hydrogens (primary N) is 1. The third-order valence-electron chi connectivity index (χ3n) is 5.23. The minimum absolute atomic E-state index is 0.380. The van der Waals surface area contributed by atoms with E-state index >= 15 is 0 Å². The molecule has 0 aliphatic heterocycles. The summed E-state index contributed by atoms with van der Waals surface area (Å²) in [5.74, 6) is 6.58.